The number of unbranched alkanes of at least 4 members (excludes halogenated alkanes) is 44. The second-order valence-electron chi connectivity index (χ2n) is 24.5. The van der Waals surface area contributed by atoms with Crippen molar-refractivity contribution in [1.29, 1.82) is 0 Å². The Morgan fingerprint density at radius 1 is 0.253 bits per heavy atom. The number of carbonyl (C=O) groups excluding carboxylic acids is 3. The molecular weight excluding hydrogens is 1020 g/mol. The number of hydrogen-bond donors (Lipinski definition) is 0. The SMILES string of the molecule is CC/C=C\C/C=C\C/C=C\C/C=C\C/C=C\CCCC(=O)OC(COC(=O)CCCCCCC/C=C\CCCCCCCC)COC(=O)CCCCCCCCCCCCCCCCCCCCCCCCCCCCCCCCCCC. The molecule has 0 aliphatic carbocycles. The molecule has 1 unspecified atom stereocenters. The molecule has 482 valence electrons. The van der Waals surface area contributed by atoms with Gasteiger partial charge in [-0.05, 0) is 83.5 Å². The molecule has 0 fully saturated rings. The smallest absolute Gasteiger partial charge is 0.306 e. The summed E-state index contributed by atoms with van der Waals surface area (Å²) in [5.74, 6) is -0.946. The van der Waals surface area contributed by atoms with Gasteiger partial charge in [0.05, 0.1) is 0 Å². The minimum atomic E-state index is -0.809. The van der Waals surface area contributed by atoms with Crippen LogP contribution in [0.4, 0.5) is 0 Å². The Kier molecular flexibility index (Phi) is 68.6. The predicted molar refractivity (Wildman–Crippen MR) is 362 cm³/mol. The zero-order valence-corrected chi connectivity index (χ0v) is 55.5. The molecule has 0 radical (unpaired) electrons. The van der Waals surface area contributed by atoms with Gasteiger partial charge in [-0.25, -0.2) is 0 Å². The summed E-state index contributed by atoms with van der Waals surface area (Å²) in [6, 6.07) is 0. The third kappa shape index (κ3) is 69.5. The number of esters is 3. The van der Waals surface area contributed by atoms with Gasteiger partial charge in [0.25, 0.3) is 0 Å². The zero-order valence-electron chi connectivity index (χ0n) is 55.5. The van der Waals surface area contributed by atoms with Crippen LogP contribution < -0.4 is 0 Å². The number of hydrogen-bond acceptors (Lipinski definition) is 6. The van der Waals surface area contributed by atoms with Gasteiger partial charge in [0.1, 0.15) is 13.2 Å². The van der Waals surface area contributed by atoms with Crippen molar-refractivity contribution >= 4 is 17.9 Å². The lowest BCUT2D eigenvalue weighted by molar-refractivity contribution is -0.167. The molecule has 83 heavy (non-hydrogen) atoms. The van der Waals surface area contributed by atoms with E-state index in [-0.39, 0.29) is 37.5 Å². The largest absolute Gasteiger partial charge is 0.462 e. The molecular formula is C77H138O6. The summed E-state index contributed by atoms with van der Waals surface area (Å²) < 4.78 is 16.9. The van der Waals surface area contributed by atoms with Crippen molar-refractivity contribution in [2.24, 2.45) is 0 Å². The Labute approximate surface area is 516 Å². The van der Waals surface area contributed by atoms with Gasteiger partial charge in [-0.3, -0.25) is 14.4 Å². The average Bonchev–Trinajstić information content (AvgIpc) is 3.49. The minimum absolute atomic E-state index is 0.0975. The molecule has 0 rings (SSSR count). The van der Waals surface area contributed by atoms with Crippen molar-refractivity contribution in [3.05, 3.63) is 72.9 Å². The van der Waals surface area contributed by atoms with Crippen LogP contribution >= 0.6 is 0 Å². The van der Waals surface area contributed by atoms with E-state index < -0.39 is 6.10 Å². The van der Waals surface area contributed by atoms with Gasteiger partial charge >= 0.3 is 17.9 Å². The summed E-state index contributed by atoms with van der Waals surface area (Å²) in [6.45, 7) is 6.52. The maximum Gasteiger partial charge on any atom is 0.306 e. The lowest BCUT2D eigenvalue weighted by atomic mass is 10.0. The fourth-order valence-electron chi connectivity index (χ4n) is 10.8. The van der Waals surface area contributed by atoms with Crippen molar-refractivity contribution in [2.75, 3.05) is 13.2 Å². The van der Waals surface area contributed by atoms with E-state index in [9.17, 15) is 14.4 Å². The van der Waals surface area contributed by atoms with E-state index in [1.54, 1.807) is 0 Å². The first kappa shape index (κ1) is 79.8. The van der Waals surface area contributed by atoms with Crippen molar-refractivity contribution in [2.45, 2.75) is 386 Å². The van der Waals surface area contributed by atoms with Crippen molar-refractivity contribution < 1.29 is 28.6 Å². The van der Waals surface area contributed by atoms with Gasteiger partial charge in [0.2, 0.25) is 0 Å². The molecule has 0 bridgehead atoms. The first-order chi connectivity index (χ1) is 41.0. The van der Waals surface area contributed by atoms with Crippen LogP contribution in [0.3, 0.4) is 0 Å². The fraction of sp³-hybridized carbons (Fsp3) is 0.805. The van der Waals surface area contributed by atoms with Gasteiger partial charge in [-0.2, -0.15) is 0 Å². The quantitative estimate of drug-likeness (QED) is 0.0261. The van der Waals surface area contributed by atoms with Gasteiger partial charge in [-0.1, -0.05) is 351 Å². The number of carbonyl (C=O) groups is 3. The number of rotatable bonds is 67. The maximum absolute atomic E-state index is 12.9. The summed E-state index contributed by atoms with van der Waals surface area (Å²) in [5, 5.41) is 0. The highest BCUT2D eigenvalue weighted by Crippen LogP contribution is 2.19. The van der Waals surface area contributed by atoms with Crippen LogP contribution in [-0.2, 0) is 28.6 Å². The van der Waals surface area contributed by atoms with Crippen molar-refractivity contribution in [3.63, 3.8) is 0 Å². The summed E-state index contributed by atoms with van der Waals surface area (Å²) in [6.07, 6.45) is 94.0. The molecule has 0 N–H and O–H groups in total. The van der Waals surface area contributed by atoms with Crippen LogP contribution in [0.5, 0.6) is 0 Å². The molecule has 0 aromatic rings. The second kappa shape index (κ2) is 71.3. The molecule has 0 amide bonds. The third-order valence-electron chi connectivity index (χ3n) is 16.2. The Morgan fingerprint density at radius 3 is 0.783 bits per heavy atom. The lowest BCUT2D eigenvalue weighted by Crippen LogP contribution is -2.30. The standard InChI is InChI=1S/C77H138O6/c1-4-7-10-13-16-19-22-25-28-30-31-32-33-34-35-36-37-38-39-40-41-42-43-44-45-47-49-52-55-58-61-64-67-70-76(79)82-73-74(72-81-75(78)69-66-63-60-57-54-51-48-27-24-21-18-15-12-9-6-3)83-77(80)71-68-65-62-59-56-53-50-46-29-26-23-20-17-14-11-8-5-2/h8,11,17,20,26-27,29,48,50,53,59,62,74H,4-7,9-10,12-16,18-19,21-25,28,30-47,49,51-52,54-58,60-61,63-73H2,1-3H3/b11-8-,20-17-,29-26-,48-27-,53-50-,62-59-. The van der Waals surface area contributed by atoms with Crippen molar-refractivity contribution in [3.8, 4) is 0 Å². The van der Waals surface area contributed by atoms with Gasteiger partial charge in [0.15, 0.2) is 6.10 Å². The van der Waals surface area contributed by atoms with E-state index >= 15 is 0 Å². The van der Waals surface area contributed by atoms with Gasteiger partial charge in [-0.15, -0.1) is 0 Å². The maximum atomic E-state index is 12.9. The molecule has 0 aromatic carbocycles. The van der Waals surface area contributed by atoms with E-state index in [2.05, 4.69) is 93.7 Å². The molecule has 0 aliphatic rings. The molecule has 1 atom stereocenters. The molecule has 6 heteroatoms. The molecule has 0 saturated heterocycles. The lowest BCUT2D eigenvalue weighted by Gasteiger charge is -2.18. The molecule has 0 aliphatic heterocycles. The molecule has 0 saturated carbocycles. The Balaban J connectivity index is 4.19. The average molecular weight is 1160 g/mol. The third-order valence-corrected chi connectivity index (χ3v) is 16.2. The predicted octanol–water partition coefficient (Wildman–Crippen LogP) is 25.2. The molecule has 0 heterocycles. The highest BCUT2D eigenvalue weighted by Gasteiger charge is 2.19. The van der Waals surface area contributed by atoms with Crippen LogP contribution in [0.1, 0.15) is 380 Å². The van der Waals surface area contributed by atoms with E-state index in [0.717, 1.165) is 83.5 Å². The Bertz CT molecular complexity index is 1520. The van der Waals surface area contributed by atoms with Crippen LogP contribution in [0, 0.1) is 0 Å². The van der Waals surface area contributed by atoms with Gasteiger partial charge in [0, 0.05) is 19.3 Å². The van der Waals surface area contributed by atoms with Crippen LogP contribution in [0.2, 0.25) is 0 Å². The molecule has 6 nitrogen and oxygen atoms in total. The summed E-state index contributed by atoms with van der Waals surface area (Å²) in [4.78, 5) is 38.4. The van der Waals surface area contributed by atoms with E-state index in [0.29, 0.717) is 19.3 Å². The molecule has 0 spiro atoms. The minimum Gasteiger partial charge on any atom is -0.462 e. The first-order valence-electron chi connectivity index (χ1n) is 36.4. The summed E-state index contributed by atoms with van der Waals surface area (Å²) in [7, 11) is 0. The Hall–Kier alpha value is -3.15. The second-order valence-corrected chi connectivity index (χ2v) is 24.5. The van der Waals surface area contributed by atoms with E-state index in [1.165, 1.54) is 250 Å². The Morgan fingerprint density at radius 2 is 0.482 bits per heavy atom. The monoisotopic (exact) mass is 1160 g/mol. The van der Waals surface area contributed by atoms with Crippen molar-refractivity contribution in [1.82, 2.24) is 0 Å². The highest BCUT2D eigenvalue weighted by atomic mass is 16.6. The van der Waals surface area contributed by atoms with Crippen LogP contribution in [0.25, 0.3) is 0 Å². The number of ether oxygens (including phenoxy) is 3. The van der Waals surface area contributed by atoms with E-state index in [1.807, 2.05) is 0 Å². The first-order valence-corrected chi connectivity index (χ1v) is 36.4. The topological polar surface area (TPSA) is 78.9 Å². The summed E-state index contributed by atoms with van der Waals surface area (Å²) >= 11 is 0. The molecule has 0 aromatic heterocycles. The zero-order chi connectivity index (χ0) is 59.9. The summed E-state index contributed by atoms with van der Waals surface area (Å²) in [5.41, 5.74) is 0. The highest BCUT2D eigenvalue weighted by molar-refractivity contribution is 5.71. The van der Waals surface area contributed by atoms with Crippen LogP contribution in [-0.4, -0.2) is 37.2 Å². The normalized spacial score (nSPS) is 12.5. The van der Waals surface area contributed by atoms with Gasteiger partial charge < -0.3 is 14.2 Å². The van der Waals surface area contributed by atoms with Crippen LogP contribution in [0.15, 0.2) is 72.9 Å². The van der Waals surface area contributed by atoms with E-state index in [4.69, 9.17) is 14.2 Å². The number of allylic oxidation sites excluding steroid dienone is 12. The fourth-order valence-corrected chi connectivity index (χ4v) is 10.8.